The normalized spacial score (nSPS) is 17.3. The van der Waals surface area contributed by atoms with Crippen LogP contribution in [0.25, 0.3) is 0 Å². The first-order valence-corrected chi connectivity index (χ1v) is 7.24. The van der Waals surface area contributed by atoms with Gasteiger partial charge in [0.25, 0.3) is 0 Å². The third-order valence-corrected chi connectivity index (χ3v) is 4.58. The van der Waals surface area contributed by atoms with Gasteiger partial charge in [-0.2, -0.15) is 0 Å². The average molecular weight is 274 g/mol. The van der Waals surface area contributed by atoms with Gasteiger partial charge in [0.15, 0.2) is 11.6 Å². The van der Waals surface area contributed by atoms with Crippen molar-refractivity contribution in [1.29, 1.82) is 0 Å². The maximum atomic E-state index is 13.8. The lowest BCUT2D eigenvalue weighted by molar-refractivity contribution is 0.301. The standard InChI is InChI=1S/C16H15FOS/c1-11-5-4-7-14(16(11)17)18-10-13-9-12-6-2-3-8-15(12)19-13/h2-8,13H,9-10H2,1H3. The molecule has 0 spiro atoms. The monoisotopic (exact) mass is 274 g/mol. The Morgan fingerprint density at radius 1 is 1.21 bits per heavy atom. The van der Waals surface area contributed by atoms with Crippen molar-refractivity contribution in [2.45, 2.75) is 23.5 Å². The van der Waals surface area contributed by atoms with Crippen LogP contribution in [0.1, 0.15) is 11.1 Å². The predicted molar refractivity (Wildman–Crippen MR) is 76.4 cm³/mol. The third kappa shape index (κ3) is 2.61. The molecule has 3 rings (SSSR count). The zero-order chi connectivity index (χ0) is 13.2. The molecular formula is C16H15FOS. The van der Waals surface area contributed by atoms with Crippen molar-refractivity contribution in [3.8, 4) is 5.75 Å². The van der Waals surface area contributed by atoms with Crippen molar-refractivity contribution in [2.75, 3.05) is 6.61 Å². The fourth-order valence-corrected chi connectivity index (χ4v) is 3.48. The number of hydrogen-bond acceptors (Lipinski definition) is 2. The summed E-state index contributed by atoms with van der Waals surface area (Å²) in [5.74, 6) is 0.111. The first kappa shape index (κ1) is 12.5. The Balaban J connectivity index is 1.64. The number of rotatable bonds is 3. The minimum Gasteiger partial charge on any atom is -0.489 e. The van der Waals surface area contributed by atoms with Crippen molar-refractivity contribution in [1.82, 2.24) is 0 Å². The van der Waals surface area contributed by atoms with E-state index in [1.807, 2.05) is 17.8 Å². The highest BCUT2D eigenvalue weighted by molar-refractivity contribution is 8.00. The first-order chi connectivity index (χ1) is 9.24. The zero-order valence-corrected chi connectivity index (χ0v) is 11.5. The Morgan fingerprint density at radius 2 is 2.05 bits per heavy atom. The van der Waals surface area contributed by atoms with Crippen LogP contribution in [0.2, 0.25) is 0 Å². The van der Waals surface area contributed by atoms with Crippen LogP contribution in [0, 0.1) is 12.7 Å². The van der Waals surface area contributed by atoms with Gasteiger partial charge < -0.3 is 4.74 Å². The van der Waals surface area contributed by atoms with Gasteiger partial charge in [0.1, 0.15) is 6.61 Å². The summed E-state index contributed by atoms with van der Waals surface area (Å²) in [4.78, 5) is 1.32. The molecule has 98 valence electrons. The predicted octanol–water partition coefficient (Wildman–Crippen LogP) is 4.23. The number of hydrogen-bond donors (Lipinski definition) is 0. The van der Waals surface area contributed by atoms with Crippen LogP contribution in [0.4, 0.5) is 4.39 Å². The number of halogens is 1. The molecule has 1 atom stereocenters. The van der Waals surface area contributed by atoms with Gasteiger partial charge in [-0.1, -0.05) is 30.3 Å². The lowest BCUT2D eigenvalue weighted by atomic mass is 10.1. The van der Waals surface area contributed by atoms with E-state index in [1.165, 1.54) is 10.5 Å². The van der Waals surface area contributed by atoms with Crippen LogP contribution in [-0.2, 0) is 6.42 Å². The Kier molecular flexibility index (Phi) is 3.47. The molecule has 1 heterocycles. The van der Waals surface area contributed by atoms with E-state index in [9.17, 15) is 4.39 Å². The van der Waals surface area contributed by atoms with E-state index in [0.29, 0.717) is 23.2 Å². The molecule has 2 aromatic carbocycles. The van der Waals surface area contributed by atoms with Crippen molar-refractivity contribution < 1.29 is 9.13 Å². The topological polar surface area (TPSA) is 9.23 Å². The zero-order valence-electron chi connectivity index (χ0n) is 10.7. The van der Waals surface area contributed by atoms with E-state index in [-0.39, 0.29) is 5.82 Å². The third-order valence-electron chi connectivity index (χ3n) is 3.29. The lowest BCUT2D eigenvalue weighted by Gasteiger charge is -2.12. The van der Waals surface area contributed by atoms with E-state index in [4.69, 9.17) is 4.74 Å². The van der Waals surface area contributed by atoms with Gasteiger partial charge in [-0.3, -0.25) is 0 Å². The molecule has 0 amide bonds. The number of benzene rings is 2. The maximum Gasteiger partial charge on any atom is 0.167 e. The van der Waals surface area contributed by atoms with Crippen molar-refractivity contribution in [3.63, 3.8) is 0 Å². The summed E-state index contributed by atoms with van der Waals surface area (Å²) in [5.41, 5.74) is 1.99. The second-order valence-electron chi connectivity index (χ2n) is 4.75. The number of thioether (sulfide) groups is 1. The van der Waals surface area contributed by atoms with Gasteiger partial charge >= 0.3 is 0 Å². The minimum absolute atomic E-state index is 0.247. The van der Waals surface area contributed by atoms with E-state index in [1.54, 1.807) is 19.1 Å². The summed E-state index contributed by atoms with van der Waals surface area (Å²) in [6.07, 6.45) is 0.994. The maximum absolute atomic E-state index is 13.8. The van der Waals surface area contributed by atoms with Crippen molar-refractivity contribution in [3.05, 3.63) is 59.4 Å². The van der Waals surface area contributed by atoms with Gasteiger partial charge in [0, 0.05) is 10.1 Å². The van der Waals surface area contributed by atoms with Crippen LogP contribution in [0.15, 0.2) is 47.4 Å². The summed E-state index contributed by atoms with van der Waals surface area (Å²) in [6.45, 7) is 2.29. The molecular weight excluding hydrogens is 259 g/mol. The molecule has 0 aliphatic carbocycles. The van der Waals surface area contributed by atoms with E-state index >= 15 is 0 Å². The van der Waals surface area contributed by atoms with Gasteiger partial charge in [-0.15, -0.1) is 11.8 Å². The summed E-state index contributed by atoms with van der Waals surface area (Å²) in [6, 6.07) is 13.7. The molecule has 0 fully saturated rings. The molecule has 0 saturated carbocycles. The van der Waals surface area contributed by atoms with Crippen molar-refractivity contribution >= 4 is 11.8 Å². The second-order valence-corrected chi connectivity index (χ2v) is 6.09. The van der Waals surface area contributed by atoms with Crippen LogP contribution < -0.4 is 4.74 Å². The number of fused-ring (bicyclic) bond motifs is 1. The number of ether oxygens (including phenoxy) is 1. The highest BCUT2D eigenvalue weighted by atomic mass is 32.2. The largest absolute Gasteiger partial charge is 0.489 e. The number of aryl methyl sites for hydroxylation is 1. The van der Waals surface area contributed by atoms with Gasteiger partial charge in [-0.05, 0) is 36.6 Å². The molecule has 1 nitrogen and oxygen atoms in total. The smallest absolute Gasteiger partial charge is 0.167 e. The Bertz CT molecular complexity index is 572. The molecule has 19 heavy (non-hydrogen) atoms. The van der Waals surface area contributed by atoms with E-state index in [0.717, 1.165) is 6.42 Å². The van der Waals surface area contributed by atoms with Gasteiger partial charge in [0.05, 0.1) is 0 Å². The molecule has 0 bridgehead atoms. The van der Waals surface area contributed by atoms with Crippen LogP contribution in [0.3, 0.4) is 0 Å². The fourth-order valence-electron chi connectivity index (χ4n) is 2.26. The molecule has 2 aromatic rings. The first-order valence-electron chi connectivity index (χ1n) is 6.36. The quantitative estimate of drug-likeness (QED) is 0.828. The average Bonchev–Trinajstić information content (AvgIpc) is 2.83. The highest BCUT2D eigenvalue weighted by Crippen LogP contribution is 2.37. The Labute approximate surface area is 116 Å². The molecule has 0 radical (unpaired) electrons. The Hall–Kier alpha value is -1.48. The SMILES string of the molecule is Cc1cccc(OCC2Cc3ccccc3S2)c1F. The summed E-state index contributed by atoms with van der Waals surface area (Å²) in [7, 11) is 0. The van der Waals surface area contributed by atoms with E-state index < -0.39 is 0 Å². The minimum atomic E-state index is -0.247. The molecule has 3 heteroatoms. The summed E-state index contributed by atoms with van der Waals surface area (Å²) >= 11 is 1.82. The molecule has 1 aliphatic heterocycles. The van der Waals surface area contributed by atoms with E-state index in [2.05, 4.69) is 24.3 Å². The molecule has 1 aliphatic rings. The van der Waals surface area contributed by atoms with Crippen LogP contribution in [0.5, 0.6) is 5.75 Å². The van der Waals surface area contributed by atoms with Crippen LogP contribution >= 0.6 is 11.8 Å². The molecule has 1 unspecified atom stereocenters. The lowest BCUT2D eigenvalue weighted by Crippen LogP contribution is -2.14. The van der Waals surface area contributed by atoms with Crippen molar-refractivity contribution in [2.24, 2.45) is 0 Å². The van der Waals surface area contributed by atoms with Crippen LogP contribution in [-0.4, -0.2) is 11.9 Å². The van der Waals surface area contributed by atoms with Gasteiger partial charge in [-0.25, -0.2) is 4.39 Å². The molecule has 0 aromatic heterocycles. The molecule has 0 N–H and O–H groups in total. The highest BCUT2D eigenvalue weighted by Gasteiger charge is 2.22. The fraction of sp³-hybridized carbons (Fsp3) is 0.250. The second kappa shape index (κ2) is 5.25. The van der Waals surface area contributed by atoms with Gasteiger partial charge in [0.2, 0.25) is 0 Å². The summed E-state index contributed by atoms with van der Waals surface area (Å²) in [5, 5.41) is 0.373. The Morgan fingerprint density at radius 3 is 2.89 bits per heavy atom. The summed E-state index contributed by atoms with van der Waals surface area (Å²) < 4.78 is 19.4. The molecule has 0 saturated heterocycles.